The van der Waals surface area contributed by atoms with Gasteiger partial charge in [0.1, 0.15) is 0 Å². The molecule has 0 radical (unpaired) electrons. The zero-order chi connectivity index (χ0) is 16.6. The highest BCUT2D eigenvalue weighted by Crippen LogP contribution is 2.27. The van der Waals surface area contributed by atoms with Crippen LogP contribution in [0.5, 0.6) is 0 Å². The van der Waals surface area contributed by atoms with Crippen LogP contribution in [-0.2, 0) is 0 Å². The second-order valence-corrected chi connectivity index (χ2v) is 6.26. The van der Waals surface area contributed by atoms with Gasteiger partial charge in [-0.2, -0.15) is 4.68 Å². The smallest absolute Gasteiger partial charge is 0.320 e. The number of likely N-dealkylation sites (tertiary alicyclic amines) is 1. The number of aromatic nitrogens is 4. The second kappa shape index (κ2) is 6.33. The van der Waals surface area contributed by atoms with Crippen LogP contribution in [0.15, 0.2) is 23.0 Å². The van der Waals surface area contributed by atoms with E-state index >= 15 is 0 Å². The Kier molecular flexibility index (Phi) is 4.41. The summed E-state index contributed by atoms with van der Waals surface area (Å²) in [5, 5.41) is 7.93. The van der Waals surface area contributed by atoms with E-state index in [-0.39, 0.29) is 16.8 Å². The number of hydrogen-bond donors (Lipinski definition) is 0. The number of carbonyl (C=O) groups is 1. The molecular formula is C14H15Cl2N5O2. The Morgan fingerprint density at radius 3 is 2.78 bits per heavy atom. The van der Waals surface area contributed by atoms with Gasteiger partial charge in [0.15, 0.2) is 0 Å². The molecule has 0 spiro atoms. The summed E-state index contributed by atoms with van der Waals surface area (Å²) in [5.41, 5.74) is -0.383. The fourth-order valence-corrected chi connectivity index (χ4v) is 3.05. The molecule has 1 aromatic carbocycles. The van der Waals surface area contributed by atoms with Crippen LogP contribution in [0.4, 0.5) is 4.79 Å². The third kappa shape index (κ3) is 2.86. The van der Waals surface area contributed by atoms with Gasteiger partial charge in [-0.25, -0.2) is 9.59 Å². The molecule has 1 aliphatic rings. The number of halogens is 2. The van der Waals surface area contributed by atoms with E-state index in [1.807, 2.05) is 6.92 Å². The molecule has 0 aliphatic carbocycles. The van der Waals surface area contributed by atoms with Crippen LogP contribution < -0.4 is 5.69 Å². The number of rotatable bonds is 1. The van der Waals surface area contributed by atoms with Crippen molar-refractivity contribution in [3.05, 3.63) is 38.7 Å². The molecule has 0 saturated carbocycles. The van der Waals surface area contributed by atoms with E-state index in [2.05, 4.69) is 10.4 Å². The van der Waals surface area contributed by atoms with E-state index in [4.69, 9.17) is 23.2 Å². The fourth-order valence-electron chi connectivity index (χ4n) is 2.68. The van der Waals surface area contributed by atoms with Gasteiger partial charge in [0, 0.05) is 12.6 Å². The molecule has 23 heavy (non-hydrogen) atoms. The molecule has 1 aromatic heterocycles. The molecule has 1 fully saturated rings. The molecule has 1 atom stereocenters. The summed E-state index contributed by atoms with van der Waals surface area (Å²) >= 11 is 12.0. The molecule has 2 aromatic rings. The molecule has 122 valence electrons. The third-order valence-electron chi connectivity index (χ3n) is 3.97. The second-order valence-electron chi connectivity index (χ2n) is 5.48. The van der Waals surface area contributed by atoms with E-state index in [1.165, 1.54) is 0 Å². The summed E-state index contributed by atoms with van der Waals surface area (Å²) in [6.07, 6.45) is 2.90. The highest BCUT2D eigenvalue weighted by atomic mass is 35.5. The van der Waals surface area contributed by atoms with Crippen molar-refractivity contribution in [1.82, 2.24) is 24.7 Å². The van der Waals surface area contributed by atoms with Gasteiger partial charge in [0.2, 0.25) is 0 Å². The summed E-state index contributed by atoms with van der Waals surface area (Å²) in [5.74, 6) is 0. The molecule has 2 heterocycles. The summed E-state index contributed by atoms with van der Waals surface area (Å²) < 4.78 is 1.74. The van der Waals surface area contributed by atoms with Crippen molar-refractivity contribution < 1.29 is 4.79 Å². The molecule has 7 nitrogen and oxygen atoms in total. The van der Waals surface area contributed by atoms with E-state index < -0.39 is 11.7 Å². The normalized spacial score (nSPS) is 18.2. The zero-order valence-electron chi connectivity index (χ0n) is 12.4. The van der Waals surface area contributed by atoms with Gasteiger partial charge in [0.25, 0.3) is 0 Å². The Labute approximate surface area is 142 Å². The molecule has 1 saturated heterocycles. The van der Waals surface area contributed by atoms with Crippen LogP contribution in [0.2, 0.25) is 10.0 Å². The Balaban J connectivity index is 1.98. The number of nitrogens with zero attached hydrogens (tertiary/aromatic N) is 5. The minimum absolute atomic E-state index is 0.0723. The average Bonchev–Trinajstić information content (AvgIpc) is 2.91. The Morgan fingerprint density at radius 1 is 1.26 bits per heavy atom. The first-order valence-corrected chi connectivity index (χ1v) is 8.06. The number of amides is 1. The van der Waals surface area contributed by atoms with Crippen LogP contribution in [0.3, 0.4) is 0 Å². The van der Waals surface area contributed by atoms with Gasteiger partial charge in [-0.15, -0.1) is 4.68 Å². The van der Waals surface area contributed by atoms with Crippen LogP contribution >= 0.6 is 23.2 Å². The van der Waals surface area contributed by atoms with Gasteiger partial charge < -0.3 is 4.90 Å². The molecule has 0 bridgehead atoms. The average molecular weight is 356 g/mol. The lowest BCUT2D eigenvalue weighted by Crippen LogP contribution is -2.47. The number of carbonyl (C=O) groups excluding carboxylic acids is 1. The maximum atomic E-state index is 12.5. The van der Waals surface area contributed by atoms with Crippen LogP contribution in [0, 0.1) is 0 Å². The topological polar surface area (TPSA) is 73.0 Å². The van der Waals surface area contributed by atoms with Crippen LogP contribution in [0.25, 0.3) is 5.69 Å². The lowest BCUT2D eigenvalue weighted by atomic mass is 10.0. The minimum Gasteiger partial charge on any atom is -0.320 e. The first-order chi connectivity index (χ1) is 11.0. The number of piperidine rings is 1. The van der Waals surface area contributed by atoms with E-state index in [1.54, 1.807) is 23.1 Å². The highest BCUT2D eigenvalue weighted by molar-refractivity contribution is 6.43. The number of hydrogen-bond acceptors (Lipinski definition) is 4. The summed E-state index contributed by atoms with van der Waals surface area (Å²) in [6, 6.07) is 4.44. The lowest BCUT2D eigenvalue weighted by Gasteiger charge is -2.32. The maximum absolute atomic E-state index is 12.5. The Bertz CT molecular complexity index is 801. The first-order valence-electron chi connectivity index (χ1n) is 7.31. The molecule has 3 rings (SSSR count). The predicted octanol–water partition coefficient (Wildman–Crippen LogP) is 2.58. The maximum Gasteiger partial charge on any atom is 0.377 e. The standard InChI is InChI=1S/C14H15Cl2N5O2/c1-9-5-2-3-8-19(9)13(22)21-14(23)20(17-18-21)11-7-4-6-10(15)12(11)16/h4,6-7,9H,2-3,5,8H2,1H3. The number of benzene rings is 1. The SMILES string of the molecule is CC1CCCCN1C(=O)n1nnn(-c2cccc(Cl)c2Cl)c1=O. The molecule has 1 unspecified atom stereocenters. The van der Waals surface area contributed by atoms with E-state index in [0.29, 0.717) is 11.6 Å². The number of tetrazole rings is 1. The highest BCUT2D eigenvalue weighted by Gasteiger charge is 2.27. The Morgan fingerprint density at radius 2 is 2.04 bits per heavy atom. The van der Waals surface area contributed by atoms with Crippen LogP contribution in [0.1, 0.15) is 26.2 Å². The van der Waals surface area contributed by atoms with Crippen molar-refractivity contribution in [1.29, 1.82) is 0 Å². The molecular weight excluding hydrogens is 341 g/mol. The van der Waals surface area contributed by atoms with E-state index in [0.717, 1.165) is 28.6 Å². The van der Waals surface area contributed by atoms with Crippen molar-refractivity contribution in [2.45, 2.75) is 32.2 Å². The molecule has 1 aliphatic heterocycles. The largest absolute Gasteiger partial charge is 0.377 e. The summed E-state index contributed by atoms with van der Waals surface area (Å²) in [7, 11) is 0. The quantitative estimate of drug-likeness (QED) is 0.737. The minimum atomic E-state index is -0.669. The predicted molar refractivity (Wildman–Crippen MR) is 86.5 cm³/mol. The van der Waals surface area contributed by atoms with Gasteiger partial charge in [-0.3, -0.25) is 0 Å². The van der Waals surface area contributed by atoms with Gasteiger partial charge in [-0.05, 0) is 48.7 Å². The lowest BCUT2D eigenvalue weighted by molar-refractivity contribution is 0.155. The third-order valence-corrected chi connectivity index (χ3v) is 4.78. The zero-order valence-corrected chi connectivity index (χ0v) is 14.0. The first kappa shape index (κ1) is 16.0. The van der Waals surface area contributed by atoms with Crippen molar-refractivity contribution >= 4 is 29.2 Å². The summed E-state index contributed by atoms with van der Waals surface area (Å²) in [6.45, 7) is 2.57. The molecule has 1 amide bonds. The van der Waals surface area contributed by atoms with Crippen molar-refractivity contribution in [2.75, 3.05) is 6.54 Å². The van der Waals surface area contributed by atoms with Crippen molar-refractivity contribution in [2.24, 2.45) is 0 Å². The van der Waals surface area contributed by atoms with E-state index in [9.17, 15) is 9.59 Å². The molecule has 9 heteroatoms. The van der Waals surface area contributed by atoms with Gasteiger partial charge in [-0.1, -0.05) is 29.3 Å². The van der Waals surface area contributed by atoms with Gasteiger partial charge in [0.05, 0.1) is 15.7 Å². The van der Waals surface area contributed by atoms with Gasteiger partial charge >= 0.3 is 11.7 Å². The molecule has 0 N–H and O–H groups in total. The monoisotopic (exact) mass is 355 g/mol. The summed E-state index contributed by atoms with van der Waals surface area (Å²) in [4.78, 5) is 26.7. The van der Waals surface area contributed by atoms with Crippen molar-refractivity contribution in [3.63, 3.8) is 0 Å². The fraction of sp³-hybridized carbons (Fsp3) is 0.429. The Hall–Kier alpha value is -1.86. The van der Waals surface area contributed by atoms with Crippen molar-refractivity contribution in [3.8, 4) is 5.69 Å². The van der Waals surface area contributed by atoms with Crippen LogP contribution in [-0.4, -0.2) is 43.3 Å².